The first-order chi connectivity index (χ1) is 6.20. The second-order valence-corrected chi connectivity index (χ2v) is 5.81. The van der Waals surface area contributed by atoms with Gasteiger partial charge >= 0.3 is 0 Å². The van der Waals surface area contributed by atoms with Gasteiger partial charge in [-0.1, -0.05) is 0 Å². The second-order valence-electron chi connectivity index (χ2n) is 3.59. The third-order valence-corrected chi connectivity index (χ3v) is 4.96. The molecule has 2 heterocycles. The van der Waals surface area contributed by atoms with E-state index in [1.165, 1.54) is 39.2 Å². The molecule has 1 fully saturated rings. The number of hydrogen-bond donors (Lipinski definition) is 1. The molecule has 72 valence electrons. The highest BCUT2D eigenvalue weighted by Crippen LogP contribution is 2.38. The van der Waals surface area contributed by atoms with E-state index in [0.29, 0.717) is 6.04 Å². The molecule has 0 radical (unpaired) electrons. The van der Waals surface area contributed by atoms with Crippen molar-refractivity contribution in [2.45, 2.75) is 32.7 Å². The summed E-state index contributed by atoms with van der Waals surface area (Å²) in [6.45, 7) is 5.57. The number of halogens is 1. The normalized spacial score (nSPS) is 22.5. The van der Waals surface area contributed by atoms with Crippen molar-refractivity contribution in [3.63, 3.8) is 0 Å². The molecule has 0 spiro atoms. The molecule has 1 N–H and O–H groups in total. The molecule has 0 saturated carbocycles. The van der Waals surface area contributed by atoms with Crippen LogP contribution in [0.3, 0.4) is 0 Å². The molecule has 1 nitrogen and oxygen atoms in total. The van der Waals surface area contributed by atoms with Crippen molar-refractivity contribution in [2.24, 2.45) is 0 Å². The second kappa shape index (κ2) is 3.71. The van der Waals surface area contributed by atoms with Crippen molar-refractivity contribution in [2.75, 3.05) is 6.54 Å². The van der Waals surface area contributed by atoms with Gasteiger partial charge in [-0.2, -0.15) is 0 Å². The Kier molecular flexibility index (Phi) is 2.77. The fourth-order valence-corrected chi connectivity index (χ4v) is 3.96. The number of aryl methyl sites for hydroxylation is 2. The van der Waals surface area contributed by atoms with Crippen molar-refractivity contribution in [1.29, 1.82) is 0 Å². The molecule has 1 aromatic rings. The Morgan fingerprint density at radius 3 is 2.62 bits per heavy atom. The average molecular weight is 260 g/mol. The smallest absolute Gasteiger partial charge is 0.0362 e. The summed E-state index contributed by atoms with van der Waals surface area (Å²) in [6.07, 6.45) is 2.60. The molecular weight excluding hydrogens is 246 g/mol. The Bertz CT molecular complexity index is 313. The van der Waals surface area contributed by atoms with E-state index in [1.807, 2.05) is 11.3 Å². The van der Waals surface area contributed by atoms with E-state index in [2.05, 4.69) is 35.1 Å². The highest BCUT2D eigenvalue weighted by atomic mass is 79.9. The topological polar surface area (TPSA) is 12.0 Å². The van der Waals surface area contributed by atoms with Crippen molar-refractivity contribution in [1.82, 2.24) is 5.32 Å². The lowest BCUT2D eigenvalue weighted by Gasteiger charge is -2.10. The monoisotopic (exact) mass is 259 g/mol. The van der Waals surface area contributed by atoms with E-state index < -0.39 is 0 Å². The van der Waals surface area contributed by atoms with Crippen molar-refractivity contribution in [3.8, 4) is 0 Å². The molecule has 13 heavy (non-hydrogen) atoms. The number of nitrogens with one attached hydrogen (secondary N) is 1. The Morgan fingerprint density at radius 1 is 1.38 bits per heavy atom. The molecular formula is C10H14BrNS. The molecule has 1 saturated heterocycles. The van der Waals surface area contributed by atoms with E-state index in [0.717, 1.165) is 0 Å². The Labute approximate surface area is 91.7 Å². The molecule has 1 aromatic heterocycles. The van der Waals surface area contributed by atoms with Crippen LogP contribution in [-0.4, -0.2) is 6.54 Å². The predicted molar refractivity (Wildman–Crippen MR) is 61.5 cm³/mol. The summed E-state index contributed by atoms with van der Waals surface area (Å²) in [5, 5.41) is 3.54. The van der Waals surface area contributed by atoms with Gasteiger partial charge in [0.05, 0.1) is 0 Å². The average Bonchev–Trinajstić information content (AvgIpc) is 2.63. The molecule has 2 rings (SSSR count). The van der Waals surface area contributed by atoms with Crippen molar-refractivity contribution in [3.05, 3.63) is 19.8 Å². The first kappa shape index (κ1) is 9.69. The van der Waals surface area contributed by atoms with Crippen LogP contribution in [0, 0.1) is 13.8 Å². The maximum Gasteiger partial charge on any atom is 0.0362 e. The van der Waals surface area contributed by atoms with Crippen molar-refractivity contribution < 1.29 is 0 Å². The zero-order valence-corrected chi connectivity index (χ0v) is 10.4. The van der Waals surface area contributed by atoms with E-state index in [9.17, 15) is 0 Å². The zero-order valence-electron chi connectivity index (χ0n) is 7.98. The lowest BCUT2D eigenvalue weighted by Crippen LogP contribution is -2.13. The molecule has 1 aliphatic heterocycles. The van der Waals surface area contributed by atoms with E-state index in [1.54, 1.807) is 0 Å². The summed E-state index contributed by atoms with van der Waals surface area (Å²) in [4.78, 5) is 2.87. The van der Waals surface area contributed by atoms with E-state index >= 15 is 0 Å². The van der Waals surface area contributed by atoms with E-state index in [4.69, 9.17) is 0 Å². The lowest BCUT2D eigenvalue weighted by atomic mass is 10.1. The summed E-state index contributed by atoms with van der Waals surface area (Å²) in [6, 6.07) is 0.597. The minimum Gasteiger partial charge on any atom is -0.310 e. The molecule has 0 aromatic carbocycles. The SMILES string of the molecule is Cc1sc(C)c(C2CCCN2)c1Br. The number of thiophene rings is 1. The van der Waals surface area contributed by atoms with E-state index in [-0.39, 0.29) is 0 Å². The first-order valence-electron chi connectivity index (χ1n) is 4.69. The fraction of sp³-hybridized carbons (Fsp3) is 0.600. The highest BCUT2D eigenvalue weighted by molar-refractivity contribution is 9.10. The summed E-state index contributed by atoms with van der Waals surface area (Å²) < 4.78 is 1.33. The molecule has 1 unspecified atom stereocenters. The fourth-order valence-electron chi connectivity index (χ4n) is 2.00. The van der Waals surface area contributed by atoms with Gasteiger partial charge in [-0.3, -0.25) is 0 Å². The standard InChI is InChI=1S/C10H14BrNS/c1-6-9(8-4-3-5-12-8)10(11)7(2)13-6/h8,12H,3-5H2,1-2H3. The van der Waals surface area contributed by atoms with Crippen LogP contribution < -0.4 is 5.32 Å². The molecule has 1 aliphatic rings. The first-order valence-corrected chi connectivity index (χ1v) is 6.30. The van der Waals surface area contributed by atoms with Crippen molar-refractivity contribution >= 4 is 27.3 Å². The van der Waals surface area contributed by atoms with Crippen LogP contribution in [-0.2, 0) is 0 Å². The van der Waals surface area contributed by atoms with Gasteiger partial charge in [0.25, 0.3) is 0 Å². The third kappa shape index (κ3) is 1.69. The Morgan fingerprint density at radius 2 is 2.15 bits per heavy atom. The maximum atomic E-state index is 3.68. The number of rotatable bonds is 1. The molecule has 3 heteroatoms. The van der Waals surface area contributed by atoms with Crippen LogP contribution in [0.25, 0.3) is 0 Å². The van der Waals surface area contributed by atoms with Gasteiger partial charge in [-0.25, -0.2) is 0 Å². The minimum atomic E-state index is 0.597. The van der Waals surface area contributed by atoms with Crippen LogP contribution in [0.5, 0.6) is 0 Å². The third-order valence-electron chi connectivity index (χ3n) is 2.64. The quantitative estimate of drug-likeness (QED) is 0.814. The summed E-state index contributed by atoms with van der Waals surface area (Å²) >= 11 is 5.58. The van der Waals surface area contributed by atoms with Gasteiger partial charge in [-0.05, 0) is 54.7 Å². The van der Waals surface area contributed by atoms with Crippen LogP contribution in [0.2, 0.25) is 0 Å². The van der Waals surface area contributed by atoms with Gasteiger partial charge in [0.2, 0.25) is 0 Å². The maximum absolute atomic E-state index is 3.68. The molecule has 0 amide bonds. The molecule has 1 atom stereocenters. The van der Waals surface area contributed by atoms with Crippen LogP contribution in [0.15, 0.2) is 4.47 Å². The zero-order chi connectivity index (χ0) is 9.42. The minimum absolute atomic E-state index is 0.597. The predicted octanol–water partition coefficient (Wildman–Crippen LogP) is 3.55. The largest absolute Gasteiger partial charge is 0.310 e. The van der Waals surface area contributed by atoms with Gasteiger partial charge in [0.15, 0.2) is 0 Å². The van der Waals surface area contributed by atoms with Gasteiger partial charge in [-0.15, -0.1) is 11.3 Å². The number of hydrogen-bond acceptors (Lipinski definition) is 2. The lowest BCUT2D eigenvalue weighted by molar-refractivity contribution is 0.644. The summed E-state index contributed by atoms with van der Waals surface area (Å²) in [7, 11) is 0. The molecule has 0 aliphatic carbocycles. The van der Waals surface area contributed by atoms with Gasteiger partial charge < -0.3 is 5.32 Å². The molecule has 0 bridgehead atoms. The van der Waals surface area contributed by atoms with Crippen LogP contribution in [0.1, 0.15) is 34.2 Å². The van der Waals surface area contributed by atoms with Crippen LogP contribution in [0.4, 0.5) is 0 Å². The highest BCUT2D eigenvalue weighted by Gasteiger charge is 2.22. The summed E-state index contributed by atoms with van der Waals surface area (Å²) in [5.41, 5.74) is 1.50. The van der Waals surface area contributed by atoms with Crippen LogP contribution >= 0.6 is 27.3 Å². The van der Waals surface area contributed by atoms with Gasteiger partial charge in [0.1, 0.15) is 0 Å². The Balaban J connectivity index is 2.37. The van der Waals surface area contributed by atoms with Gasteiger partial charge in [0, 0.05) is 20.3 Å². The summed E-state index contributed by atoms with van der Waals surface area (Å²) in [5.74, 6) is 0. The Hall–Kier alpha value is 0.140.